The second kappa shape index (κ2) is 10.1. The van der Waals surface area contributed by atoms with E-state index in [-0.39, 0.29) is 17.9 Å². The summed E-state index contributed by atoms with van der Waals surface area (Å²) in [6.07, 6.45) is 1.76. The lowest BCUT2D eigenvalue weighted by Crippen LogP contribution is -2.52. The van der Waals surface area contributed by atoms with E-state index in [1.54, 1.807) is 0 Å². The summed E-state index contributed by atoms with van der Waals surface area (Å²) in [6, 6.07) is 30.5. The summed E-state index contributed by atoms with van der Waals surface area (Å²) < 4.78 is 6.02. The molecule has 1 aliphatic rings. The van der Waals surface area contributed by atoms with E-state index in [9.17, 15) is 4.79 Å². The summed E-state index contributed by atoms with van der Waals surface area (Å²) in [6.45, 7) is 2.17. The number of hydrogen-bond donors (Lipinski definition) is 1. The highest BCUT2D eigenvalue weighted by Gasteiger charge is 2.52. The van der Waals surface area contributed by atoms with Crippen LogP contribution in [0, 0.1) is 5.92 Å². The molecule has 0 aliphatic carbocycles. The highest BCUT2D eigenvalue weighted by Crippen LogP contribution is 2.46. The minimum atomic E-state index is -0.878. The molecule has 4 rings (SSSR count). The van der Waals surface area contributed by atoms with Crippen LogP contribution in [0.3, 0.4) is 0 Å². The number of primary amides is 1. The van der Waals surface area contributed by atoms with Gasteiger partial charge in [-0.2, -0.15) is 0 Å². The van der Waals surface area contributed by atoms with Crippen LogP contribution in [0.15, 0.2) is 91.0 Å². The van der Waals surface area contributed by atoms with Gasteiger partial charge in [-0.05, 0) is 49.0 Å². The summed E-state index contributed by atoms with van der Waals surface area (Å²) in [5, 5.41) is 0. The van der Waals surface area contributed by atoms with E-state index in [1.165, 1.54) is 5.56 Å². The van der Waals surface area contributed by atoms with Gasteiger partial charge in [0.05, 0.1) is 6.61 Å². The number of benzene rings is 3. The van der Waals surface area contributed by atoms with E-state index in [1.807, 2.05) is 78.9 Å². The van der Waals surface area contributed by atoms with Crippen molar-refractivity contribution in [2.45, 2.75) is 30.9 Å². The fraction of sp³-hybridized carbons (Fsp3) is 0.321. The Kier molecular flexibility index (Phi) is 7.03. The van der Waals surface area contributed by atoms with E-state index < -0.39 is 5.41 Å². The van der Waals surface area contributed by atoms with Crippen molar-refractivity contribution in [3.05, 3.63) is 108 Å². The van der Waals surface area contributed by atoms with Gasteiger partial charge in [0.1, 0.15) is 5.41 Å². The first-order chi connectivity index (χ1) is 15.6. The van der Waals surface area contributed by atoms with Gasteiger partial charge in [0.15, 0.2) is 0 Å². The van der Waals surface area contributed by atoms with E-state index >= 15 is 0 Å². The highest BCUT2D eigenvalue weighted by atomic mass is 16.5. The first kappa shape index (κ1) is 22.3. The number of amides is 1. The molecule has 0 bridgehead atoms. The molecule has 3 aromatic carbocycles. The van der Waals surface area contributed by atoms with Crippen molar-refractivity contribution in [2.24, 2.45) is 11.7 Å². The minimum absolute atomic E-state index is 0.0649. The molecular formula is C28H32N2O2. The number of carbonyl (C=O) groups is 1. The molecule has 32 heavy (non-hydrogen) atoms. The maximum atomic E-state index is 13.3. The lowest BCUT2D eigenvalue weighted by molar-refractivity contribution is -0.124. The van der Waals surface area contributed by atoms with Gasteiger partial charge in [0.25, 0.3) is 0 Å². The van der Waals surface area contributed by atoms with Crippen molar-refractivity contribution < 1.29 is 9.53 Å². The van der Waals surface area contributed by atoms with Crippen molar-refractivity contribution >= 4 is 5.91 Å². The van der Waals surface area contributed by atoms with E-state index in [2.05, 4.69) is 24.1 Å². The van der Waals surface area contributed by atoms with Gasteiger partial charge in [0, 0.05) is 12.6 Å². The molecule has 0 aromatic heterocycles. The van der Waals surface area contributed by atoms with Crippen molar-refractivity contribution in [3.63, 3.8) is 0 Å². The van der Waals surface area contributed by atoms with E-state index in [4.69, 9.17) is 10.5 Å². The molecule has 0 unspecified atom stereocenters. The number of nitrogens with two attached hydrogens (primary N) is 1. The third-order valence-electron chi connectivity index (χ3n) is 6.90. The topological polar surface area (TPSA) is 55.6 Å². The zero-order chi connectivity index (χ0) is 22.4. The largest absolute Gasteiger partial charge is 0.377 e. The Hall–Kier alpha value is -2.95. The molecule has 4 nitrogen and oxygen atoms in total. The minimum Gasteiger partial charge on any atom is -0.377 e. The molecule has 1 fully saturated rings. The Morgan fingerprint density at radius 3 is 2.00 bits per heavy atom. The Balaban J connectivity index is 1.63. The number of rotatable bonds is 9. The molecule has 4 heteroatoms. The summed E-state index contributed by atoms with van der Waals surface area (Å²) in [4.78, 5) is 15.7. The summed E-state index contributed by atoms with van der Waals surface area (Å²) in [7, 11) is 2.14. The van der Waals surface area contributed by atoms with Gasteiger partial charge in [0.2, 0.25) is 5.91 Å². The van der Waals surface area contributed by atoms with Crippen molar-refractivity contribution in [1.82, 2.24) is 4.90 Å². The molecule has 0 radical (unpaired) electrons. The Morgan fingerprint density at radius 2 is 1.47 bits per heavy atom. The Bertz CT molecular complexity index is 952. The third-order valence-corrected chi connectivity index (χ3v) is 6.90. The Morgan fingerprint density at radius 1 is 0.938 bits per heavy atom. The fourth-order valence-corrected chi connectivity index (χ4v) is 5.37. The lowest BCUT2D eigenvalue weighted by atomic mass is 9.62. The predicted octanol–water partition coefficient (Wildman–Crippen LogP) is 4.39. The normalized spacial score (nSPS) is 19.2. The molecule has 0 saturated carbocycles. The lowest BCUT2D eigenvalue weighted by Gasteiger charge is -2.41. The maximum absolute atomic E-state index is 13.3. The number of ether oxygens (including phenoxy) is 1. The molecule has 1 saturated heterocycles. The van der Waals surface area contributed by atoms with Gasteiger partial charge in [-0.1, -0.05) is 91.0 Å². The molecular weight excluding hydrogens is 396 g/mol. The van der Waals surface area contributed by atoms with Crippen LogP contribution in [0.2, 0.25) is 0 Å². The van der Waals surface area contributed by atoms with Crippen LogP contribution in [0.25, 0.3) is 0 Å². The number of likely N-dealkylation sites (tertiary alicyclic amines) is 1. The molecule has 1 aliphatic heterocycles. The molecule has 1 heterocycles. The van der Waals surface area contributed by atoms with Gasteiger partial charge in [-0.15, -0.1) is 0 Å². The first-order valence-corrected chi connectivity index (χ1v) is 11.4. The monoisotopic (exact) mass is 428 g/mol. The van der Waals surface area contributed by atoms with Crippen LogP contribution in [-0.4, -0.2) is 37.0 Å². The Labute approximate surface area is 191 Å². The summed E-state index contributed by atoms with van der Waals surface area (Å²) >= 11 is 0. The third kappa shape index (κ3) is 4.34. The molecule has 1 amide bonds. The molecule has 3 aromatic rings. The number of hydrogen-bond acceptors (Lipinski definition) is 3. The van der Waals surface area contributed by atoms with Crippen LogP contribution in [0.1, 0.15) is 29.5 Å². The first-order valence-electron chi connectivity index (χ1n) is 11.4. The van der Waals surface area contributed by atoms with E-state index in [0.717, 1.165) is 30.5 Å². The zero-order valence-corrected chi connectivity index (χ0v) is 18.7. The van der Waals surface area contributed by atoms with Crippen LogP contribution in [0.5, 0.6) is 0 Å². The van der Waals surface area contributed by atoms with Crippen molar-refractivity contribution in [2.75, 3.05) is 20.2 Å². The highest BCUT2D eigenvalue weighted by molar-refractivity contribution is 5.91. The van der Waals surface area contributed by atoms with Crippen LogP contribution >= 0.6 is 0 Å². The molecule has 2 N–H and O–H groups in total. The second-order valence-electron chi connectivity index (χ2n) is 8.67. The van der Waals surface area contributed by atoms with Crippen LogP contribution in [-0.2, 0) is 21.6 Å². The number of nitrogens with zero attached hydrogens (tertiary/aromatic N) is 1. The quantitative estimate of drug-likeness (QED) is 0.515. The van der Waals surface area contributed by atoms with Gasteiger partial charge in [-0.25, -0.2) is 0 Å². The van der Waals surface area contributed by atoms with Crippen LogP contribution < -0.4 is 5.73 Å². The van der Waals surface area contributed by atoms with Gasteiger partial charge >= 0.3 is 0 Å². The molecule has 166 valence electrons. The van der Waals surface area contributed by atoms with Crippen molar-refractivity contribution in [1.29, 1.82) is 0 Å². The maximum Gasteiger partial charge on any atom is 0.232 e. The van der Waals surface area contributed by atoms with Crippen molar-refractivity contribution in [3.8, 4) is 0 Å². The fourth-order valence-electron chi connectivity index (χ4n) is 5.37. The van der Waals surface area contributed by atoms with Crippen LogP contribution in [0.4, 0.5) is 0 Å². The molecule has 2 atom stereocenters. The summed E-state index contributed by atoms with van der Waals surface area (Å²) in [5.74, 6) is -0.222. The average molecular weight is 429 g/mol. The summed E-state index contributed by atoms with van der Waals surface area (Å²) in [5.41, 5.74) is 8.49. The smallest absolute Gasteiger partial charge is 0.232 e. The SMILES string of the molecule is CN1CC[C@@H](C(C(N)=O)(c2ccccc2)c2ccccc2)[C@@H]1CCOCc1ccccc1. The number of carbonyl (C=O) groups excluding carboxylic acids is 1. The van der Waals surface area contributed by atoms with E-state index in [0.29, 0.717) is 13.2 Å². The average Bonchev–Trinajstić information content (AvgIpc) is 3.19. The zero-order valence-electron chi connectivity index (χ0n) is 18.7. The standard InChI is InChI=1S/C28H32N2O2/c1-30-19-17-25(26(30)18-20-32-21-22-11-5-2-6-12-22)28(27(29)31,23-13-7-3-8-14-23)24-15-9-4-10-16-24/h2-16,25-26H,17-21H2,1H3,(H2,29,31)/t25-,26+/m1/s1. The predicted molar refractivity (Wildman–Crippen MR) is 128 cm³/mol. The molecule has 0 spiro atoms. The van der Waals surface area contributed by atoms with Gasteiger partial charge < -0.3 is 15.4 Å². The van der Waals surface area contributed by atoms with Gasteiger partial charge in [-0.3, -0.25) is 4.79 Å². The second-order valence-corrected chi connectivity index (χ2v) is 8.67.